The fourth-order valence-electron chi connectivity index (χ4n) is 1.30. The summed E-state index contributed by atoms with van der Waals surface area (Å²) in [7, 11) is 1.67. The van der Waals surface area contributed by atoms with Gasteiger partial charge < -0.3 is 9.47 Å². The van der Waals surface area contributed by atoms with E-state index in [1.807, 2.05) is 6.92 Å². The second-order valence-electron chi connectivity index (χ2n) is 4.43. The lowest BCUT2D eigenvalue weighted by Gasteiger charge is -2.14. The molecule has 0 heterocycles. The second kappa shape index (κ2) is 8.93. The highest BCUT2D eigenvalue weighted by atomic mass is 16.7. The SMILES string of the molecule is CO[C@@H](C)OCC[C@@H](C)CCC=C(C)C. The van der Waals surface area contributed by atoms with Crippen molar-refractivity contribution in [2.45, 2.75) is 53.2 Å². The summed E-state index contributed by atoms with van der Waals surface area (Å²) in [5.41, 5.74) is 1.41. The standard InChI is InChI=1S/C13H26O2/c1-11(2)7-6-8-12(3)9-10-15-13(4)14-5/h7,12-13H,6,8-10H2,1-5H3/t12-,13+/m0/s1. The third kappa shape index (κ3) is 9.95. The van der Waals surface area contributed by atoms with E-state index in [9.17, 15) is 0 Å². The first-order valence-corrected chi connectivity index (χ1v) is 5.84. The average molecular weight is 214 g/mol. The summed E-state index contributed by atoms with van der Waals surface area (Å²) in [5.74, 6) is 0.727. The molecule has 0 bridgehead atoms. The molecule has 0 aliphatic rings. The van der Waals surface area contributed by atoms with Crippen LogP contribution < -0.4 is 0 Å². The molecule has 0 aromatic carbocycles. The van der Waals surface area contributed by atoms with Crippen LogP contribution in [0.15, 0.2) is 11.6 Å². The van der Waals surface area contributed by atoms with Crippen molar-refractivity contribution in [3.8, 4) is 0 Å². The molecule has 0 fully saturated rings. The Morgan fingerprint density at radius 2 is 1.87 bits per heavy atom. The Balaban J connectivity index is 3.41. The fourth-order valence-corrected chi connectivity index (χ4v) is 1.30. The van der Waals surface area contributed by atoms with Gasteiger partial charge in [0.05, 0.1) is 0 Å². The van der Waals surface area contributed by atoms with Crippen LogP contribution in [0.1, 0.15) is 47.0 Å². The Labute approximate surface area is 94.7 Å². The van der Waals surface area contributed by atoms with Gasteiger partial charge in [0, 0.05) is 13.7 Å². The first kappa shape index (κ1) is 14.7. The summed E-state index contributed by atoms with van der Waals surface area (Å²) >= 11 is 0. The number of hydrogen-bond donors (Lipinski definition) is 0. The van der Waals surface area contributed by atoms with Gasteiger partial charge in [-0.2, -0.15) is 0 Å². The number of hydrogen-bond acceptors (Lipinski definition) is 2. The Kier molecular flexibility index (Phi) is 8.73. The molecule has 90 valence electrons. The molecule has 0 saturated carbocycles. The molecule has 0 rings (SSSR count). The van der Waals surface area contributed by atoms with Crippen LogP contribution >= 0.6 is 0 Å². The molecule has 0 aliphatic carbocycles. The molecule has 15 heavy (non-hydrogen) atoms. The molecule has 0 aromatic rings. The maximum absolute atomic E-state index is 5.45. The first-order chi connectivity index (χ1) is 7.06. The van der Waals surface area contributed by atoms with Crippen molar-refractivity contribution in [2.75, 3.05) is 13.7 Å². The van der Waals surface area contributed by atoms with Crippen LogP contribution in [0.5, 0.6) is 0 Å². The minimum atomic E-state index is -0.0741. The van der Waals surface area contributed by atoms with Crippen LogP contribution in [0.2, 0.25) is 0 Å². The number of methoxy groups -OCH3 is 1. The molecule has 0 amide bonds. The van der Waals surface area contributed by atoms with Crippen LogP contribution in [0, 0.1) is 5.92 Å². The fraction of sp³-hybridized carbons (Fsp3) is 0.846. The van der Waals surface area contributed by atoms with Gasteiger partial charge in [0.25, 0.3) is 0 Å². The number of allylic oxidation sites excluding steroid dienone is 2. The van der Waals surface area contributed by atoms with E-state index in [1.54, 1.807) is 7.11 Å². The van der Waals surface area contributed by atoms with E-state index in [0.717, 1.165) is 18.9 Å². The van der Waals surface area contributed by atoms with Gasteiger partial charge in [-0.3, -0.25) is 0 Å². The van der Waals surface area contributed by atoms with Gasteiger partial charge in [0.2, 0.25) is 0 Å². The van der Waals surface area contributed by atoms with Crippen molar-refractivity contribution < 1.29 is 9.47 Å². The van der Waals surface area contributed by atoms with Gasteiger partial charge in [0.1, 0.15) is 0 Å². The normalized spacial score (nSPS) is 14.7. The lowest BCUT2D eigenvalue weighted by atomic mass is 10.0. The summed E-state index contributed by atoms with van der Waals surface area (Å²) in [5, 5.41) is 0. The van der Waals surface area contributed by atoms with E-state index in [1.165, 1.54) is 18.4 Å². The van der Waals surface area contributed by atoms with E-state index in [4.69, 9.17) is 9.47 Å². The topological polar surface area (TPSA) is 18.5 Å². The Morgan fingerprint density at radius 1 is 1.20 bits per heavy atom. The van der Waals surface area contributed by atoms with Crippen LogP contribution in [0.4, 0.5) is 0 Å². The predicted molar refractivity (Wildman–Crippen MR) is 64.9 cm³/mol. The lowest BCUT2D eigenvalue weighted by molar-refractivity contribution is -0.113. The highest BCUT2D eigenvalue weighted by Gasteiger charge is 2.03. The summed E-state index contributed by atoms with van der Waals surface area (Å²) in [6.45, 7) is 9.29. The summed E-state index contributed by atoms with van der Waals surface area (Å²) in [4.78, 5) is 0. The lowest BCUT2D eigenvalue weighted by Crippen LogP contribution is -2.12. The maximum atomic E-state index is 5.45. The second-order valence-corrected chi connectivity index (χ2v) is 4.43. The molecule has 0 unspecified atom stereocenters. The number of rotatable bonds is 8. The zero-order valence-electron chi connectivity index (χ0n) is 10.9. The molecular weight excluding hydrogens is 188 g/mol. The molecule has 2 nitrogen and oxygen atoms in total. The van der Waals surface area contributed by atoms with Crippen molar-refractivity contribution >= 4 is 0 Å². The van der Waals surface area contributed by atoms with Crippen molar-refractivity contribution in [3.63, 3.8) is 0 Å². The van der Waals surface area contributed by atoms with Crippen LogP contribution in [0.25, 0.3) is 0 Å². The van der Waals surface area contributed by atoms with Crippen molar-refractivity contribution in [3.05, 3.63) is 11.6 Å². The monoisotopic (exact) mass is 214 g/mol. The van der Waals surface area contributed by atoms with Gasteiger partial charge in [-0.1, -0.05) is 18.6 Å². The summed E-state index contributed by atoms with van der Waals surface area (Å²) < 4.78 is 10.5. The maximum Gasteiger partial charge on any atom is 0.154 e. The molecular formula is C13H26O2. The zero-order chi connectivity index (χ0) is 11.7. The van der Waals surface area contributed by atoms with Crippen LogP contribution in [-0.4, -0.2) is 20.0 Å². The van der Waals surface area contributed by atoms with Crippen LogP contribution in [0.3, 0.4) is 0 Å². The third-order valence-corrected chi connectivity index (χ3v) is 2.51. The first-order valence-electron chi connectivity index (χ1n) is 5.84. The van der Waals surface area contributed by atoms with Gasteiger partial charge in [-0.15, -0.1) is 0 Å². The molecule has 0 radical (unpaired) electrons. The van der Waals surface area contributed by atoms with E-state index in [-0.39, 0.29) is 6.29 Å². The van der Waals surface area contributed by atoms with E-state index < -0.39 is 0 Å². The molecule has 0 spiro atoms. The molecule has 0 aliphatic heterocycles. The predicted octanol–water partition coefficient (Wildman–Crippen LogP) is 3.77. The van der Waals surface area contributed by atoms with Crippen molar-refractivity contribution in [2.24, 2.45) is 5.92 Å². The molecule has 0 aromatic heterocycles. The van der Waals surface area contributed by atoms with E-state index in [2.05, 4.69) is 26.8 Å². The van der Waals surface area contributed by atoms with Gasteiger partial charge >= 0.3 is 0 Å². The minimum absolute atomic E-state index is 0.0741. The van der Waals surface area contributed by atoms with Crippen molar-refractivity contribution in [1.29, 1.82) is 0 Å². The summed E-state index contributed by atoms with van der Waals surface area (Å²) in [6, 6.07) is 0. The van der Waals surface area contributed by atoms with Crippen LogP contribution in [-0.2, 0) is 9.47 Å². The largest absolute Gasteiger partial charge is 0.356 e. The molecule has 2 heteroatoms. The Morgan fingerprint density at radius 3 is 2.40 bits per heavy atom. The van der Waals surface area contributed by atoms with E-state index in [0.29, 0.717) is 0 Å². The van der Waals surface area contributed by atoms with Gasteiger partial charge in [0.15, 0.2) is 6.29 Å². The Bertz CT molecular complexity index is 171. The summed E-state index contributed by atoms with van der Waals surface area (Å²) in [6.07, 6.45) is 5.77. The van der Waals surface area contributed by atoms with Gasteiger partial charge in [-0.05, 0) is 46.0 Å². The smallest absolute Gasteiger partial charge is 0.154 e. The van der Waals surface area contributed by atoms with E-state index >= 15 is 0 Å². The minimum Gasteiger partial charge on any atom is -0.356 e. The third-order valence-electron chi connectivity index (χ3n) is 2.51. The van der Waals surface area contributed by atoms with Gasteiger partial charge in [-0.25, -0.2) is 0 Å². The Hall–Kier alpha value is -0.340. The zero-order valence-corrected chi connectivity index (χ0v) is 10.9. The highest BCUT2D eigenvalue weighted by molar-refractivity contribution is 4.92. The quantitative estimate of drug-likeness (QED) is 0.452. The molecule has 2 atom stereocenters. The number of ether oxygens (including phenoxy) is 2. The molecule has 0 saturated heterocycles. The molecule has 0 N–H and O–H groups in total. The average Bonchev–Trinajstić information content (AvgIpc) is 2.17. The van der Waals surface area contributed by atoms with Crippen molar-refractivity contribution in [1.82, 2.24) is 0 Å². The highest BCUT2D eigenvalue weighted by Crippen LogP contribution is 2.12.